The standard InChI is InChI=1S/C23H44/c1-5-9-11-13-14-16-18-20-23(8-4)21-22(7-3)19-17-15-12-10-6-2/h22-23H,5-8,10,12-21H2,1-4H3. The highest BCUT2D eigenvalue weighted by Gasteiger charge is 2.13. The predicted molar refractivity (Wildman–Crippen MR) is 107 cm³/mol. The van der Waals surface area contributed by atoms with Crippen LogP contribution in [0, 0.1) is 23.7 Å². The second-order valence-corrected chi connectivity index (χ2v) is 7.29. The molecule has 0 aromatic rings. The van der Waals surface area contributed by atoms with Crippen LogP contribution in [0.15, 0.2) is 0 Å². The fourth-order valence-electron chi connectivity index (χ4n) is 3.52. The zero-order valence-corrected chi connectivity index (χ0v) is 16.8. The Bertz CT molecular complexity index is 280. The molecule has 0 saturated carbocycles. The molecular weight excluding hydrogens is 276 g/mol. The Labute approximate surface area is 148 Å². The van der Waals surface area contributed by atoms with Gasteiger partial charge in [0, 0.05) is 12.8 Å². The molecule has 0 aliphatic rings. The summed E-state index contributed by atoms with van der Waals surface area (Å²) in [6.07, 6.45) is 20.5. The Morgan fingerprint density at radius 3 is 1.70 bits per heavy atom. The molecule has 2 unspecified atom stereocenters. The van der Waals surface area contributed by atoms with Crippen LogP contribution in [0.3, 0.4) is 0 Å². The molecule has 0 bridgehead atoms. The molecular formula is C23H44. The van der Waals surface area contributed by atoms with Crippen molar-refractivity contribution in [2.24, 2.45) is 11.8 Å². The van der Waals surface area contributed by atoms with E-state index >= 15 is 0 Å². The smallest absolute Gasteiger partial charge is 0.00886 e. The van der Waals surface area contributed by atoms with E-state index < -0.39 is 0 Å². The second kappa shape index (κ2) is 17.9. The van der Waals surface area contributed by atoms with Gasteiger partial charge in [-0.25, -0.2) is 0 Å². The van der Waals surface area contributed by atoms with Gasteiger partial charge < -0.3 is 0 Å². The van der Waals surface area contributed by atoms with Crippen molar-refractivity contribution in [2.75, 3.05) is 0 Å². The Balaban J connectivity index is 3.77. The highest BCUT2D eigenvalue weighted by Crippen LogP contribution is 2.27. The highest BCUT2D eigenvalue weighted by atomic mass is 14.2. The van der Waals surface area contributed by atoms with Gasteiger partial charge >= 0.3 is 0 Å². The van der Waals surface area contributed by atoms with Crippen molar-refractivity contribution in [1.29, 1.82) is 0 Å². The normalized spacial score (nSPS) is 13.4. The summed E-state index contributed by atoms with van der Waals surface area (Å²) in [4.78, 5) is 0. The molecule has 136 valence electrons. The molecule has 0 radical (unpaired) electrons. The molecule has 0 heterocycles. The van der Waals surface area contributed by atoms with Crippen molar-refractivity contribution in [3.8, 4) is 11.8 Å². The second-order valence-electron chi connectivity index (χ2n) is 7.29. The SMILES string of the molecule is CCC#CCCCCCC(CC)CC(CC)CCCCCCC. The molecule has 0 spiro atoms. The fraction of sp³-hybridized carbons (Fsp3) is 0.913. The summed E-state index contributed by atoms with van der Waals surface area (Å²) in [5.74, 6) is 8.39. The topological polar surface area (TPSA) is 0 Å². The van der Waals surface area contributed by atoms with Gasteiger partial charge in [-0.05, 0) is 24.7 Å². The molecule has 0 rings (SSSR count). The van der Waals surface area contributed by atoms with Gasteiger partial charge in [-0.1, -0.05) is 98.3 Å². The molecule has 0 amide bonds. The van der Waals surface area contributed by atoms with Crippen molar-refractivity contribution < 1.29 is 0 Å². The Morgan fingerprint density at radius 2 is 1.17 bits per heavy atom. The summed E-state index contributed by atoms with van der Waals surface area (Å²) in [5.41, 5.74) is 0. The first-order valence-corrected chi connectivity index (χ1v) is 10.7. The Hall–Kier alpha value is -0.440. The van der Waals surface area contributed by atoms with E-state index in [1.54, 1.807) is 0 Å². The van der Waals surface area contributed by atoms with Gasteiger partial charge in [0.25, 0.3) is 0 Å². The number of hydrogen-bond acceptors (Lipinski definition) is 0. The first-order chi connectivity index (χ1) is 11.3. The molecule has 0 fully saturated rings. The van der Waals surface area contributed by atoms with Gasteiger partial charge in [0.05, 0.1) is 0 Å². The summed E-state index contributed by atoms with van der Waals surface area (Å²) < 4.78 is 0. The van der Waals surface area contributed by atoms with Crippen LogP contribution in [-0.2, 0) is 0 Å². The third-order valence-electron chi connectivity index (χ3n) is 5.25. The monoisotopic (exact) mass is 320 g/mol. The van der Waals surface area contributed by atoms with E-state index in [1.165, 1.54) is 83.5 Å². The summed E-state index contributed by atoms with van der Waals surface area (Å²) in [6.45, 7) is 9.23. The molecule has 2 atom stereocenters. The quantitative estimate of drug-likeness (QED) is 0.211. The van der Waals surface area contributed by atoms with Crippen molar-refractivity contribution >= 4 is 0 Å². The molecule has 0 saturated heterocycles. The van der Waals surface area contributed by atoms with E-state index in [4.69, 9.17) is 0 Å². The molecule has 0 aromatic carbocycles. The van der Waals surface area contributed by atoms with E-state index in [9.17, 15) is 0 Å². The third-order valence-corrected chi connectivity index (χ3v) is 5.25. The average molecular weight is 321 g/mol. The van der Waals surface area contributed by atoms with Crippen molar-refractivity contribution in [2.45, 2.75) is 124 Å². The van der Waals surface area contributed by atoms with Crippen LogP contribution in [0.1, 0.15) is 124 Å². The average Bonchev–Trinajstić information content (AvgIpc) is 2.58. The highest BCUT2D eigenvalue weighted by molar-refractivity contribution is 4.97. The Kier molecular flexibility index (Phi) is 17.6. The lowest BCUT2D eigenvalue weighted by atomic mass is 9.84. The predicted octanol–water partition coefficient (Wildman–Crippen LogP) is 8.15. The largest absolute Gasteiger partial charge is 0.104 e. The minimum Gasteiger partial charge on any atom is -0.104 e. The maximum atomic E-state index is 3.27. The number of rotatable bonds is 15. The van der Waals surface area contributed by atoms with E-state index in [1.807, 2.05) is 0 Å². The van der Waals surface area contributed by atoms with Crippen LogP contribution in [0.5, 0.6) is 0 Å². The zero-order chi connectivity index (χ0) is 17.2. The maximum Gasteiger partial charge on any atom is 0.00886 e. The van der Waals surface area contributed by atoms with Gasteiger partial charge in [-0.2, -0.15) is 0 Å². The molecule has 23 heavy (non-hydrogen) atoms. The van der Waals surface area contributed by atoms with Gasteiger partial charge in [-0.3, -0.25) is 0 Å². The minimum absolute atomic E-state index is 0.970. The Morgan fingerprint density at radius 1 is 0.609 bits per heavy atom. The van der Waals surface area contributed by atoms with Crippen LogP contribution in [0.4, 0.5) is 0 Å². The van der Waals surface area contributed by atoms with Gasteiger partial charge in [0.15, 0.2) is 0 Å². The molecule has 0 nitrogen and oxygen atoms in total. The van der Waals surface area contributed by atoms with Gasteiger partial charge in [-0.15, -0.1) is 11.8 Å². The van der Waals surface area contributed by atoms with Crippen LogP contribution in [0.2, 0.25) is 0 Å². The first-order valence-electron chi connectivity index (χ1n) is 10.7. The number of unbranched alkanes of at least 4 members (excludes halogenated alkanes) is 7. The van der Waals surface area contributed by atoms with E-state index in [-0.39, 0.29) is 0 Å². The van der Waals surface area contributed by atoms with Crippen LogP contribution in [-0.4, -0.2) is 0 Å². The first kappa shape index (κ1) is 22.6. The van der Waals surface area contributed by atoms with Crippen molar-refractivity contribution in [1.82, 2.24) is 0 Å². The molecule has 0 aliphatic carbocycles. The molecule has 0 heteroatoms. The van der Waals surface area contributed by atoms with Crippen molar-refractivity contribution in [3.05, 3.63) is 0 Å². The lowest BCUT2D eigenvalue weighted by molar-refractivity contribution is 0.307. The third kappa shape index (κ3) is 14.9. The van der Waals surface area contributed by atoms with Crippen LogP contribution >= 0.6 is 0 Å². The lowest BCUT2D eigenvalue weighted by Crippen LogP contribution is -2.08. The summed E-state index contributed by atoms with van der Waals surface area (Å²) >= 11 is 0. The summed E-state index contributed by atoms with van der Waals surface area (Å²) in [5, 5.41) is 0. The summed E-state index contributed by atoms with van der Waals surface area (Å²) in [6, 6.07) is 0. The fourth-order valence-corrected chi connectivity index (χ4v) is 3.52. The molecule has 0 aliphatic heterocycles. The molecule has 0 aromatic heterocycles. The van der Waals surface area contributed by atoms with Gasteiger partial charge in [0.2, 0.25) is 0 Å². The van der Waals surface area contributed by atoms with Gasteiger partial charge in [0.1, 0.15) is 0 Å². The number of hydrogen-bond donors (Lipinski definition) is 0. The van der Waals surface area contributed by atoms with E-state index in [0.29, 0.717) is 0 Å². The van der Waals surface area contributed by atoms with E-state index in [0.717, 1.165) is 24.7 Å². The zero-order valence-electron chi connectivity index (χ0n) is 16.8. The van der Waals surface area contributed by atoms with E-state index in [2.05, 4.69) is 39.5 Å². The van der Waals surface area contributed by atoms with Crippen LogP contribution in [0.25, 0.3) is 0 Å². The van der Waals surface area contributed by atoms with Crippen molar-refractivity contribution in [3.63, 3.8) is 0 Å². The van der Waals surface area contributed by atoms with Crippen LogP contribution < -0.4 is 0 Å². The lowest BCUT2D eigenvalue weighted by Gasteiger charge is -2.22. The molecule has 0 N–H and O–H groups in total. The minimum atomic E-state index is 0.970. The maximum absolute atomic E-state index is 3.27. The summed E-state index contributed by atoms with van der Waals surface area (Å²) in [7, 11) is 0.